The molecule has 2 aromatic rings. The van der Waals surface area contributed by atoms with Crippen LogP contribution in [0, 0.1) is 5.92 Å². The molecule has 0 spiro atoms. The van der Waals surface area contributed by atoms with Crippen molar-refractivity contribution in [2.45, 2.75) is 44.3 Å². The van der Waals surface area contributed by atoms with Gasteiger partial charge in [-0.25, -0.2) is 0 Å². The van der Waals surface area contributed by atoms with Crippen LogP contribution in [0.4, 0.5) is 0 Å². The first-order valence-electron chi connectivity index (χ1n) is 9.90. The van der Waals surface area contributed by atoms with Crippen LogP contribution in [-0.4, -0.2) is 56.8 Å². The molecule has 0 bridgehead atoms. The summed E-state index contributed by atoms with van der Waals surface area (Å²) in [5, 5.41) is 16.5. The molecule has 4 rings (SSSR count). The van der Waals surface area contributed by atoms with Crippen molar-refractivity contribution in [1.82, 2.24) is 20.0 Å². The van der Waals surface area contributed by atoms with Crippen molar-refractivity contribution in [2.75, 3.05) is 13.1 Å². The molecule has 0 aliphatic heterocycles. The molecule has 0 atom stereocenters. The van der Waals surface area contributed by atoms with Gasteiger partial charge in [0.05, 0.1) is 24.8 Å². The summed E-state index contributed by atoms with van der Waals surface area (Å²) in [7, 11) is 0. The number of carboxylic acids is 1. The molecule has 2 fully saturated rings. The summed E-state index contributed by atoms with van der Waals surface area (Å²) >= 11 is 0. The molecule has 2 aliphatic carbocycles. The standard InChI is InChI=1S/C21H26N4O3/c26-20(27)14-24(11-16-6-7-16)19-8-18(9-19)23-21(28)17-10-22-25(13-17)12-15-4-2-1-3-5-15/h1-5,10,13,16,18-19H,6-9,11-12,14H2,(H,23,28)(H,26,27). The molecule has 0 saturated heterocycles. The van der Waals surface area contributed by atoms with E-state index in [1.165, 1.54) is 12.8 Å². The fraction of sp³-hybridized carbons (Fsp3) is 0.476. The van der Waals surface area contributed by atoms with Gasteiger partial charge in [-0.15, -0.1) is 0 Å². The molecule has 1 aromatic carbocycles. The Morgan fingerprint density at radius 3 is 2.64 bits per heavy atom. The molecule has 1 amide bonds. The Morgan fingerprint density at radius 2 is 1.96 bits per heavy atom. The van der Waals surface area contributed by atoms with E-state index >= 15 is 0 Å². The maximum atomic E-state index is 12.5. The Hall–Kier alpha value is -2.67. The number of aromatic nitrogens is 2. The van der Waals surface area contributed by atoms with E-state index in [0.29, 0.717) is 18.0 Å². The maximum Gasteiger partial charge on any atom is 0.317 e. The van der Waals surface area contributed by atoms with Gasteiger partial charge in [0, 0.05) is 24.8 Å². The zero-order valence-electron chi connectivity index (χ0n) is 15.8. The lowest BCUT2D eigenvalue weighted by atomic mass is 9.85. The quantitative estimate of drug-likeness (QED) is 0.693. The van der Waals surface area contributed by atoms with E-state index in [-0.39, 0.29) is 24.5 Å². The lowest BCUT2D eigenvalue weighted by Gasteiger charge is -2.42. The molecular weight excluding hydrogens is 356 g/mol. The molecule has 28 heavy (non-hydrogen) atoms. The third-order valence-corrected chi connectivity index (χ3v) is 5.58. The van der Waals surface area contributed by atoms with Crippen LogP contribution >= 0.6 is 0 Å². The first-order valence-corrected chi connectivity index (χ1v) is 9.90. The molecule has 1 aromatic heterocycles. The minimum atomic E-state index is -0.779. The smallest absolute Gasteiger partial charge is 0.317 e. The average molecular weight is 382 g/mol. The average Bonchev–Trinajstić information content (AvgIpc) is 3.33. The molecule has 1 heterocycles. The van der Waals surface area contributed by atoms with Gasteiger partial charge >= 0.3 is 5.97 Å². The Morgan fingerprint density at radius 1 is 1.21 bits per heavy atom. The van der Waals surface area contributed by atoms with Crippen LogP contribution in [0.15, 0.2) is 42.7 Å². The number of hydrogen-bond donors (Lipinski definition) is 2. The molecule has 2 aliphatic rings. The number of aliphatic carboxylic acids is 1. The number of nitrogens with one attached hydrogen (secondary N) is 1. The Balaban J connectivity index is 1.26. The normalized spacial score (nSPS) is 21.3. The summed E-state index contributed by atoms with van der Waals surface area (Å²) in [5.41, 5.74) is 1.69. The number of hydrogen-bond acceptors (Lipinski definition) is 4. The summed E-state index contributed by atoms with van der Waals surface area (Å²) in [6.45, 7) is 1.59. The minimum absolute atomic E-state index is 0.0914. The van der Waals surface area contributed by atoms with Crippen LogP contribution in [0.2, 0.25) is 0 Å². The van der Waals surface area contributed by atoms with Gasteiger partial charge in [-0.3, -0.25) is 19.2 Å². The molecule has 0 unspecified atom stereocenters. The van der Waals surface area contributed by atoms with Crippen LogP contribution in [0.1, 0.15) is 41.6 Å². The van der Waals surface area contributed by atoms with Crippen molar-refractivity contribution in [3.8, 4) is 0 Å². The fourth-order valence-corrected chi connectivity index (χ4v) is 3.76. The van der Waals surface area contributed by atoms with Gasteiger partial charge in [0.2, 0.25) is 0 Å². The van der Waals surface area contributed by atoms with E-state index in [1.807, 2.05) is 30.3 Å². The minimum Gasteiger partial charge on any atom is -0.480 e. The lowest BCUT2D eigenvalue weighted by molar-refractivity contribution is -0.139. The summed E-state index contributed by atoms with van der Waals surface area (Å²) in [5.74, 6) is -0.239. The number of amides is 1. The predicted molar refractivity (Wildman–Crippen MR) is 104 cm³/mol. The number of nitrogens with zero attached hydrogens (tertiary/aromatic N) is 3. The number of benzene rings is 1. The van der Waals surface area contributed by atoms with Gasteiger partial charge < -0.3 is 10.4 Å². The van der Waals surface area contributed by atoms with E-state index in [4.69, 9.17) is 5.11 Å². The van der Waals surface area contributed by atoms with Gasteiger partial charge in [-0.05, 0) is 37.2 Å². The van der Waals surface area contributed by atoms with Crippen molar-refractivity contribution in [3.63, 3.8) is 0 Å². The topological polar surface area (TPSA) is 87.5 Å². The fourth-order valence-electron chi connectivity index (χ4n) is 3.76. The summed E-state index contributed by atoms with van der Waals surface area (Å²) in [6, 6.07) is 10.3. The second kappa shape index (κ2) is 8.14. The Bertz CT molecular complexity index is 825. The van der Waals surface area contributed by atoms with Crippen LogP contribution in [-0.2, 0) is 11.3 Å². The Kier molecular flexibility index (Phi) is 5.43. The predicted octanol–water partition coefficient (Wildman–Crippen LogP) is 1.99. The lowest BCUT2D eigenvalue weighted by Crippen LogP contribution is -2.55. The number of carbonyl (C=O) groups excluding carboxylic acids is 1. The largest absolute Gasteiger partial charge is 0.480 e. The van der Waals surface area contributed by atoms with Crippen LogP contribution in [0.25, 0.3) is 0 Å². The Labute approximate surface area is 164 Å². The monoisotopic (exact) mass is 382 g/mol. The third kappa shape index (κ3) is 4.78. The molecular formula is C21H26N4O3. The third-order valence-electron chi connectivity index (χ3n) is 5.58. The summed E-state index contributed by atoms with van der Waals surface area (Å²) < 4.78 is 1.76. The van der Waals surface area contributed by atoms with Gasteiger partial charge in [-0.2, -0.15) is 5.10 Å². The first-order chi connectivity index (χ1) is 13.6. The van der Waals surface area contributed by atoms with E-state index in [9.17, 15) is 9.59 Å². The summed E-state index contributed by atoms with van der Waals surface area (Å²) in [4.78, 5) is 25.7. The van der Waals surface area contributed by atoms with E-state index < -0.39 is 5.97 Å². The highest BCUT2D eigenvalue weighted by Gasteiger charge is 2.37. The van der Waals surface area contributed by atoms with Crippen LogP contribution < -0.4 is 5.32 Å². The number of carbonyl (C=O) groups is 2. The van der Waals surface area contributed by atoms with Gasteiger partial charge in [0.25, 0.3) is 5.91 Å². The molecule has 7 nitrogen and oxygen atoms in total. The second-order valence-corrected chi connectivity index (χ2v) is 7.97. The zero-order chi connectivity index (χ0) is 19.5. The van der Waals surface area contributed by atoms with E-state index in [0.717, 1.165) is 24.9 Å². The van der Waals surface area contributed by atoms with Crippen molar-refractivity contribution in [1.29, 1.82) is 0 Å². The van der Waals surface area contributed by atoms with Gasteiger partial charge in [0.1, 0.15) is 0 Å². The highest BCUT2D eigenvalue weighted by atomic mass is 16.4. The van der Waals surface area contributed by atoms with Gasteiger partial charge in [-0.1, -0.05) is 30.3 Å². The molecule has 2 saturated carbocycles. The highest BCUT2D eigenvalue weighted by Crippen LogP contribution is 2.33. The van der Waals surface area contributed by atoms with Crippen LogP contribution in [0.5, 0.6) is 0 Å². The van der Waals surface area contributed by atoms with E-state index in [2.05, 4.69) is 15.3 Å². The van der Waals surface area contributed by atoms with Crippen molar-refractivity contribution in [3.05, 3.63) is 53.9 Å². The zero-order valence-corrected chi connectivity index (χ0v) is 15.8. The highest BCUT2D eigenvalue weighted by molar-refractivity contribution is 5.93. The molecule has 7 heteroatoms. The number of rotatable bonds is 9. The number of carboxylic acid groups (broad SMARTS) is 1. The van der Waals surface area contributed by atoms with Crippen molar-refractivity contribution < 1.29 is 14.7 Å². The first kappa shape index (κ1) is 18.7. The van der Waals surface area contributed by atoms with Crippen molar-refractivity contribution in [2.24, 2.45) is 5.92 Å². The van der Waals surface area contributed by atoms with Crippen molar-refractivity contribution >= 4 is 11.9 Å². The maximum absolute atomic E-state index is 12.5. The second-order valence-electron chi connectivity index (χ2n) is 7.97. The molecule has 2 N–H and O–H groups in total. The van der Waals surface area contributed by atoms with E-state index in [1.54, 1.807) is 17.1 Å². The molecule has 148 valence electrons. The van der Waals surface area contributed by atoms with Crippen LogP contribution in [0.3, 0.4) is 0 Å². The van der Waals surface area contributed by atoms with Gasteiger partial charge in [0.15, 0.2) is 0 Å². The molecule has 0 radical (unpaired) electrons. The summed E-state index contributed by atoms with van der Waals surface area (Å²) in [6.07, 6.45) is 7.39. The SMILES string of the molecule is O=C(O)CN(CC1CC1)C1CC(NC(=O)c2cnn(Cc3ccccc3)c2)C1.